The van der Waals surface area contributed by atoms with Gasteiger partial charge in [-0.15, -0.1) is 0 Å². The molecule has 128 valence electrons. The van der Waals surface area contributed by atoms with Crippen molar-refractivity contribution in [2.45, 2.75) is 12.6 Å². The maximum absolute atomic E-state index is 12.2. The quantitative estimate of drug-likeness (QED) is 0.786. The van der Waals surface area contributed by atoms with Gasteiger partial charge in [0.05, 0.1) is 30.8 Å². The van der Waals surface area contributed by atoms with Gasteiger partial charge < -0.3 is 19.4 Å². The van der Waals surface area contributed by atoms with Crippen molar-refractivity contribution in [3.05, 3.63) is 54.1 Å². The number of imidazole rings is 1. The highest BCUT2D eigenvalue weighted by Gasteiger charge is 2.25. The zero-order chi connectivity index (χ0) is 17.2. The number of nitrogens with zero attached hydrogens (tertiary/aromatic N) is 3. The van der Waals surface area contributed by atoms with Crippen LogP contribution in [0.2, 0.25) is 0 Å². The predicted octanol–water partition coefficient (Wildman–Crippen LogP) is 1.94. The molecule has 0 aliphatic carbocycles. The second-order valence-corrected chi connectivity index (χ2v) is 5.85. The second kappa shape index (κ2) is 6.52. The van der Waals surface area contributed by atoms with Crippen LogP contribution in [0.5, 0.6) is 5.75 Å². The van der Waals surface area contributed by atoms with Gasteiger partial charge in [-0.1, -0.05) is 6.07 Å². The summed E-state index contributed by atoms with van der Waals surface area (Å²) < 4.78 is 13.1. The van der Waals surface area contributed by atoms with E-state index in [-0.39, 0.29) is 11.9 Å². The van der Waals surface area contributed by atoms with Crippen LogP contribution in [-0.4, -0.2) is 40.7 Å². The molecule has 25 heavy (non-hydrogen) atoms. The van der Waals surface area contributed by atoms with Crippen molar-refractivity contribution in [1.29, 1.82) is 0 Å². The standard InChI is InChI=1S/C18H18N4O3/c1-24-13-5-6-14-16(8-13)22-12(10-25-11-17(22)21-14)9-20-18(23)15-4-2-3-7-19-15/h2-8,12H,9-11H2,1H3,(H,20,23)/t12-/m0/s1. The molecule has 0 radical (unpaired) electrons. The number of methoxy groups -OCH3 is 1. The van der Waals surface area contributed by atoms with Gasteiger partial charge in [0.2, 0.25) is 0 Å². The van der Waals surface area contributed by atoms with Crippen molar-refractivity contribution in [3.63, 3.8) is 0 Å². The summed E-state index contributed by atoms with van der Waals surface area (Å²) in [5.41, 5.74) is 2.27. The first-order valence-electron chi connectivity index (χ1n) is 8.08. The molecule has 0 saturated heterocycles. The third-order valence-electron chi connectivity index (χ3n) is 4.27. The zero-order valence-corrected chi connectivity index (χ0v) is 13.8. The minimum Gasteiger partial charge on any atom is -0.497 e. The average molecular weight is 338 g/mol. The van der Waals surface area contributed by atoms with Gasteiger partial charge in [-0.25, -0.2) is 4.98 Å². The summed E-state index contributed by atoms with van der Waals surface area (Å²) in [7, 11) is 1.64. The Bertz CT molecular complexity index is 907. The lowest BCUT2D eigenvalue weighted by molar-refractivity contribution is 0.0552. The van der Waals surface area contributed by atoms with E-state index in [1.54, 1.807) is 31.5 Å². The van der Waals surface area contributed by atoms with E-state index in [0.717, 1.165) is 22.6 Å². The summed E-state index contributed by atoms with van der Waals surface area (Å²) in [6.07, 6.45) is 1.60. The number of amides is 1. The molecule has 7 nitrogen and oxygen atoms in total. The van der Waals surface area contributed by atoms with Gasteiger partial charge in [-0.3, -0.25) is 9.78 Å². The normalized spacial score (nSPS) is 16.4. The van der Waals surface area contributed by atoms with Crippen molar-refractivity contribution in [3.8, 4) is 5.75 Å². The van der Waals surface area contributed by atoms with E-state index in [0.29, 0.717) is 25.5 Å². The summed E-state index contributed by atoms with van der Waals surface area (Å²) in [6.45, 7) is 1.41. The number of carbonyl (C=O) groups excluding carboxylic acids is 1. The first-order valence-corrected chi connectivity index (χ1v) is 8.08. The molecule has 1 aliphatic rings. The molecule has 0 unspecified atom stereocenters. The highest BCUT2D eigenvalue weighted by molar-refractivity contribution is 5.92. The lowest BCUT2D eigenvalue weighted by atomic mass is 10.2. The van der Waals surface area contributed by atoms with E-state index in [9.17, 15) is 4.79 Å². The number of ether oxygens (including phenoxy) is 2. The molecule has 0 bridgehead atoms. The smallest absolute Gasteiger partial charge is 0.269 e. The van der Waals surface area contributed by atoms with Crippen LogP contribution in [0, 0.1) is 0 Å². The Labute approximate surface area is 144 Å². The number of pyridine rings is 1. The first kappa shape index (κ1) is 15.6. The zero-order valence-electron chi connectivity index (χ0n) is 13.8. The number of hydrogen-bond donors (Lipinski definition) is 1. The molecule has 1 atom stereocenters. The Morgan fingerprint density at radius 1 is 1.40 bits per heavy atom. The maximum Gasteiger partial charge on any atom is 0.269 e. The molecule has 0 spiro atoms. The van der Waals surface area contributed by atoms with Crippen LogP contribution in [0.3, 0.4) is 0 Å². The van der Waals surface area contributed by atoms with Crippen molar-refractivity contribution < 1.29 is 14.3 Å². The molecule has 1 aromatic carbocycles. The molecular weight excluding hydrogens is 320 g/mol. The maximum atomic E-state index is 12.2. The van der Waals surface area contributed by atoms with Gasteiger partial charge >= 0.3 is 0 Å². The third kappa shape index (κ3) is 2.94. The molecular formula is C18H18N4O3. The fourth-order valence-corrected chi connectivity index (χ4v) is 3.07. The Hall–Kier alpha value is -2.93. The van der Waals surface area contributed by atoms with E-state index in [1.807, 2.05) is 18.2 Å². The summed E-state index contributed by atoms with van der Waals surface area (Å²) >= 11 is 0. The molecule has 4 rings (SSSR count). The number of rotatable bonds is 4. The Morgan fingerprint density at radius 3 is 3.12 bits per heavy atom. The average Bonchev–Trinajstić information content (AvgIpc) is 3.05. The number of fused-ring (bicyclic) bond motifs is 3. The number of nitrogens with one attached hydrogen (secondary N) is 1. The van der Waals surface area contributed by atoms with Crippen LogP contribution in [0.15, 0.2) is 42.6 Å². The van der Waals surface area contributed by atoms with E-state index in [1.165, 1.54) is 0 Å². The van der Waals surface area contributed by atoms with Crippen molar-refractivity contribution in [2.75, 3.05) is 20.3 Å². The van der Waals surface area contributed by atoms with E-state index in [2.05, 4.69) is 19.9 Å². The van der Waals surface area contributed by atoms with Gasteiger partial charge in [0.15, 0.2) is 0 Å². The van der Waals surface area contributed by atoms with Crippen LogP contribution >= 0.6 is 0 Å². The van der Waals surface area contributed by atoms with Crippen molar-refractivity contribution in [1.82, 2.24) is 19.9 Å². The molecule has 1 N–H and O–H groups in total. The van der Waals surface area contributed by atoms with E-state index >= 15 is 0 Å². The lowest BCUT2D eigenvalue weighted by Crippen LogP contribution is -2.36. The van der Waals surface area contributed by atoms with Gasteiger partial charge in [-0.2, -0.15) is 0 Å². The fourth-order valence-electron chi connectivity index (χ4n) is 3.07. The third-order valence-corrected chi connectivity index (χ3v) is 4.27. The monoisotopic (exact) mass is 338 g/mol. The summed E-state index contributed by atoms with van der Waals surface area (Å²) in [5, 5.41) is 2.93. The molecule has 3 aromatic rings. The van der Waals surface area contributed by atoms with Crippen LogP contribution < -0.4 is 10.1 Å². The minimum atomic E-state index is -0.199. The van der Waals surface area contributed by atoms with Gasteiger partial charge in [0.1, 0.15) is 23.9 Å². The van der Waals surface area contributed by atoms with Gasteiger partial charge in [0, 0.05) is 18.8 Å². The van der Waals surface area contributed by atoms with Crippen molar-refractivity contribution in [2.24, 2.45) is 0 Å². The Morgan fingerprint density at radius 2 is 2.32 bits per heavy atom. The van der Waals surface area contributed by atoms with E-state index < -0.39 is 0 Å². The largest absolute Gasteiger partial charge is 0.497 e. The Balaban J connectivity index is 1.59. The molecule has 1 amide bonds. The first-order chi connectivity index (χ1) is 12.3. The van der Waals surface area contributed by atoms with Crippen LogP contribution in [0.1, 0.15) is 22.4 Å². The number of aromatic nitrogens is 3. The summed E-state index contributed by atoms with van der Waals surface area (Å²) in [4.78, 5) is 20.9. The minimum absolute atomic E-state index is 0.0338. The number of hydrogen-bond acceptors (Lipinski definition) is 5. The van der Waals surface area contributed by atoms with E-state index in [4.69, 9.17) is 9.47 Å². The van der Waals surface area contributed by atoms with Crippen molar-refractivity contribution >= 4 is 16.9 Å². The van der Waals surface area contributed by atoms with Crippen LogP contribution in [0.25, 0.3) is 11.0 Å². The molecule has 0 saturated carbocycles. The SMILES string of the molecule is COc1ccc2nc3n(c2c1)[C@@H](CNC(=O)c1ccccn1)COC3. The van der Waals surface area contributed by atoms with Gasteiger partial charge in [0.25, 0.3) is 5.91 Å². The molecule has 0 fully saturated rings. The fraction of sp³-hybridized carbons (Fsp3) is 0.278. The predicted molar refractivity (Wildman–Crippen MR) is 91.5 cm³/mol. The van der Waals surface area contributed by atoms with Crippen LogP contribution in [-0.2, 0) is 11.3 Å². The number of carbonyl (C=O) groups is 1. The highest BCUT2D eigenvalue weighted by Crippen LogP contribution is 2.28. The summed E-state index contributed by atoms with van der Waals surface area (Å²) in [5.74, 6) is 1.43. The highest BCUT2D eigenvalue weighted by atomic mass is 16.5. The van der Waals surface area contributed by atoms with Gasteiger partial charge in [-0.05, 0) is 24.3 Å². The molecule has 1 aliphatic heterocycles. The number of benzene rings is 1. The second-order valence-electron chi connectivity index (χ2n) is 5.85. The topological polar surface area (TPSA) is 78.3 Å². The molecule has 2 aromatic heterocycles. The Kier molecular flexibility index (Phi) is 4.07. The van der Waals surface area contributed by atoms with Crippen LogP contribution in [0.4, 0.5) is 0 Å². The summed E-state index contributed by atoms with van der Waals surface area (Å²) in [6, 6.07) is 11.0. The lowest BCUT2D eigenvalue weighted by Gasteiger charge is -2.26. The molecule has 3 heterocycles. The molecule has 7 heteroatoms.